The number of nitrogens with zero attached hydrogens (tertiary/aromatic N) is 1. The average molecular weight is 309 g/mol. The summed E-state index contributed by atoms with van der Waals surface area (Å²) >= 11 is 0. The van der Waals surface area contributed by atoms with E-state index in [4.69, 9.17) is 0 Å². The van der Waals surface area contributed by atoms with Crippen LogP contribution in [-0.2, 0) is 0 Å². The van der Waals surface area contributed by atoms with Gasteiger partial charge in [-0.05, 0) is 30.7 Å². The van der Waals surface area contributed by atoms with Crippen molar-refractivity contribution < 1.29 is 9.59 Å². The highest BCUT2D eigenvalue weighted by molar-refractivity contribution is 5.99. The summed E-state index contributed by atoms with van der Waals surface area (Å²) in [5, 5.41) is 0. The maximum atomic E-state index is 12.3. The molecule has 0 spiro atoms. The summed E-state index contributed by atoms with van der Waals surface area (Å²) in [5.74, 6) is 0.0340. The topological polar surface area (TPSA) is 37.4 Å². The van der Waals surface area contributed by atoms with Crippen LogP contribution >= 0.6 is 0 Å². The molecule has 0 saturated carbocycles. The lowest BCUT2D eigenvalue weighted by Crippen LogP contribution is -2.13. The van der Waals surface area contributed by atoms with Gasteiger partial charge in [0.1, 0.15) is 0 Å². The van der Waals surface area contributed by atoms with Crippen molar-refractivity contribution >= 4 is 17.3 Å². The second-order valence-electron chi connectivity index (χ2n) is 6.03. The molecule has 1 atom stereocenters. The molecule has 3 nitrogen and oxygen atoms in total. The summed E-state index contributed by atoms with van der Waals surface area (Å²) in [6.45, 7) is 1.89. The normalized spacial score (nSPS) is 11.8. The van der Waals surface area contributed by atoms with Gasteiger partial charge in [0.2, 0.25) is 0 Å². The van der Waals surface area contributed by atoms with Crippen LogP contribution in [0.5, 0.6) is 0 Å². The molecular formula is C20H23NO2. The maximum absolute atomic E-state index is 12.3. The van der Waals surface area contributed by atoms with Gasteiger partial charge in [0.15, 0.2) is 11.6 Å². The Labute approximate surface area is 137 Å². The fraction of sp³-hybridized carbons (Fsp3) is 0.300. The highest BCUT2D eigenvalue weighted by atomic mass is 16.1. The van der Waals surface area contributed by atoms with Crippen LogP contribution in [0, 0.1) is 5.92 Å². The standard InChI is InChI=1S/C20H23NO2/c1-15(20(23)17-7-5-4-6-8-17)9-14-19(22)16-10-12-18(13-11-16)21(2)3/h4-8,10-13,15H,9,14H2,1-3H3. The molecule has 0 aliphatic heterocycles. The lowest BCUT2D eigenvalue weighted by Gasteiger charge is -2.13. The Kier molecular flexibility index (Phi) is 5.69. The molecule has 0 aromatic heterocycles. The van der Waals surface area contributed by atoms with Crippen LogP contribution in [0.4, 0.5) is 5.69 Å². The smallest absolute Gasteiger partial charge is 0.165 e. The molecule has 0 amide bonds. The van der Waals surface area contributed by atoms with E-state index in [0.717, 1.165) is 5.69 Å². The SMILES string of the molecule is CC(CCC(=O)c1ccc(N(C)C)cc1)C(=O)c1ccccc1. The highest BCUT2D eigenvalue weighted by Gasteiger charge is 2.16. The molecule has 0 radical (unpaired) electrons. The van der Waals surface area contributed by atoms with E-state index in [1.807, 2.05) is 80.5 Å². The van der Waals surface area contributed by atoms with E-state index in [9.17, 15) is 9.59 Å². The van der Waals surface area contributed by atoms with Gasteiger partial charge in [-0.1, -0.05) is 37.3 Å². The Morgan fingerprint density at radius 1 is 0.913 bits per heavy atom. The molecule has 2 aromatic rings. The van der Waals surface area contributed by atoms with Crippen LogP contribution < -0.4 is 4.90 Å². The molecule has 0 fully saturated rings. The number of hydrogen-bond acceptors (Lipinski definition) is 3. The van der Waals surface area contributed by atoms with E-state index < -0.39 is 0 Å². The molecule has 2 rings (SSSR count). The summed E-state index contributed by atoms with van der Waals surface area (Å²) in [6, 6.07) is 16.8. The number of ketones is 2. The van der Waals surface area contributed by atoms with Gasteiger partial charge >= 0.3 is 0 Å². The summed E-state index contributed by atoms with van der Waals surface area (Å²) in [5.41, 5.74) is 2.48. The zero-order valence-electron chi connectivity index (χ0n) is 14.0. The molecule has 120 valence electrons. The molecule has 0 aliphatic rings. The third kappa shape index (κ3) is 4.52. The minimum Gasteiger partial charge on any atom is -0.378 e. The van der Waals surface area contributed by atoms with Crippen LogP contribution in [-0.4, -0.2) is 25.7 Å². The fourth-order valence-corrected chi connectivity index (χ4v) is 2.46. The van der Waals surface area contributed by atoms with E-state index in [2.05, 4.69) is 0 Å². The van der Waals surface area contributed by atoms with Gasteiger partial charge in [0, 0.05) is 43.2 Å². The zero-order valence-corrected chi connectivity index (χ0v) is 14.0. The van der Waals surface area contributed by atoms with Crippen molar-refractivity contribution in [3.8, 4) is 0 Å². The van der Waals surface area contributed by atoms with E-state index in [1.54, 1.807) is 0 Å². The minimum absolute atomic E-state index is 0.0861. The molecule has 0 N–H and O–H groups in total. The molecule has 2 aromatic carbocycles. The summed E-state index contributed by atoms with van der Waals surface area (Å²) < 4.78 is 0. The van der Waals surface area contributed by atoms with Gasteiger partial charge in [0.25, 0.3) is 0 Å². The van der Waals surface area contributed by atoms with Gasteiger partial charge in [-0.2, -0.15) is 0 Å². The predicted octanol–water partition coefficient (Wildman–Crippen LogP) is 4.23. The Morgan fingerprint density at radius 2 is 1.52 bits per heavy atom. The number of hydrogen-bond donors (Lipinski definition) is 0. The first kappa shape index (κ1) is 16.9. The van der Waals surface area contributed by atoms with Gasteiger partial charge < -0.3 is 4.90 Å². The number of rotatable bonds is 7. The lowest BCUT2D eigenvalue weighted by molar-refractivity contribution is 0.0907. The van der Waals surface area contributed by atoms with Crippen LogP contribution in [0.2, 0.25) is 0 Å². The van der Waals surface area contributed by atoms with E-state index in [-0.39, 0.29) is 17.5 Å². The largest absolute Gasteiger partial charge is 0.378 e. The number of carbonyl (C=O) groups excluding carboxylic acids is 2. The Hall–Kier alpha value is -2.42. The summed E-state index contributed by atoms with van der Waals surface area (Å²) in [6.07, 6.45) is 0.961. The third-order valence-corrected chi connectivity index (χ3v) is 4.02. The Bertz CT molecular complexity index is 660. The van der Waals surface area contributed by atoms with Crippen molar-refractivity contribution in [2.45, 2.75) is 19.8 Å². The number of anilines is 1. The molecule has 23 heavy (non-hydrogen) atoms. The Morgan fingerprint density at radius 3 is 2.09 bits per heavy atom. The number of Topliss-reactive ketones (excluding diaryl/α,β-unsaturated/α-hetero) is 2. The molecule has 1 unspecified atom stereocenters. The fourth-order valence-electron chi connectivity index (χ4n) is 2.46. The number of benzene rings is 2. The van der Waals surface area contributed by atoms with Crippen molar-refractivity contribution in [3.05, 3.63) is 65.7 Å². The lowest BCUT2D eigenvalue weighted by atomic mass is 9.93. The van der Waals surface area contributed by atoms with Gasteiger partial charge in [-0.25, -0.2) is 0 Å². The molecule has 0 bridgehead atoms. The first-order chi connectivity index (χ1) is 11.0. The molecule has 0 aliphatic carbocycles. The quantitative estimate of drug-likeness (QED) is 0.718. The van der Waals surface area contributed by atoms with Crippen molar-refractivity contribution in [3.63, 3.8) is 0 Å². The van der Waals surface area contributed by atoms with Crippen LogP contribution in [0.1, 0.15) is 40.5 Å². The Balaban J connectivity index is 1.92. The van der Waals surface area contributed by atoms with Gasteiger partial charge in [0.05, 0.1) is 0 Å². The van der Waals surface area contributed by atoms with Crippen LogP contribution in [0.25, 0.3) is 0 Å². The van der Waals surface area contributed by atoms with E-state index >= 15 is 0 Å². The second-order valence-corrected chi connectivity index (χ2v) is 6.03. The zero-order chi connectivity index (χ0) is 16.8. The van der Waals surface area contributed by atoms with Crippen molar-refractivity contribution in [2.75, 3.05) is 19.0 Å². The van der Waals surface area contributed by atoms with Crippen LogP contribution in [0.15, 0.2) is 54.6 Å². The molecule has 3 heteroatoms. The molecular weight excluding hydrogens is 286 g/mol. The molecule has 0 heterocycles. The molecule has 0 saturated heterocycles. The second kappa shape index (κ2) is 7.73. The van der Waals surface area contributed by atoms with E-state index in [1.165, 1.54) is 0 Å². The van der Waals surface area contributed by atoms with Gasteiger partial charge in [-0.15, -0.1) is 0 Å². The maximum Gasteiger partial charge on any atom is 0.165 e. The summed E-state index contributed by atoms with van der Waals surface area (Å²) in [7, 11) is 3.93. The monoisotopic (exact) mass is 309 g/mol. The first-order valence-corrected chi connectivity index (χ1v) is 7.89. The van der Waals surface area contributed by atoms with Gasteiger partial charge in [-0.3, -0.25) is 9.59 Å². The highest BCUT2D eigenvalue weighted by Crippen LogP contribution is 2.18. The van der Waals surface area contributed by atoms with Crippen molar-refractivity contribution in [1.29, 1.82) is 0 Å². The minimum atomic E-state index is -0.151. The van der Waals surface area contributed by atoms with E-state index in [0.29, 0.717) is 24.0 Å². The van der Waals surface area contributed by atoms with Crippen molar-refractivity contribution in [2.24, 2.45) is 5.92 Å². The first-order valence-electron chi connectivity index (χ1n) is 7.89. The third-order valence-electron chi connectivity index (χ3n) is 4.02. The van der Waals surface area contributed by atoms with Crippen molar-refractivity contribution in [1.82, 2.24) is 0 Å². The summed E-state index contributed by atoms with van der Waals surface area (Å²) in [4.78, 5) is 26.6. The average Bonchev–Trinajstić information content (AvgIpc) is 2.59. The predicted molar refractivity (Wildman–Crippen MR) is 94.3 cm³/mol. The number of carbonyl (C=O) groups is 2. The van der Waals surface area contributed by atoms with Crippen LogP contribution in [0.3, 0.4) is 0 Å².